The highest BCUT2D eigenvalue weighted by atomic mass is 35.5. The molecule has 3 aromatic carbocycles. The van der Waals surface area contributed by atoms with E-state index in [1.54, 1.807) is 30.3 Å². The smallest absolute Gasteiger partial charge is 0.257 e. The fourth-order valence-corrected chi connectivity index (χ4v) is 5.35. The second kappa shape index (κ2) is 9.77. The standard InChI is InChI=1S/C24H15Cl5N4O2/c25-13-5-11(6-14(26)8-13)20-21(24(20,28)29)23(35)32-16-2-3-18(27)17(9-16)22(34)33-19-4-1-15(31)7-12(19)10-30/h1-9,20-21H,31H2,(H,32,35)(H,33,34)/t20-,21+/m0/s1. The van der Waals surface area contributed by atoms with Crippen LogP contribution in [0.5, 0.6) is 0 Å². The van der Waals surface area contributed by atoms with Gasteiger partial charge in [0.05, 0.1) is 27.8 Å². The number of rotatable bonds is 5. The van der Waals surface area contributed by atoms with Gasteiger partial charge in [-0.15, -0.1) is 23.2 Å². The van der Waals surface area contributed by atoms with Gasteiger partial charge in [-0.3, -0.25) is 9.59 Å². The first-order valence-corrected chi connectivity index (χ1v) is 12.0. The quantitative estimate of drug-likeness (QED) is 0.230. The molecule has 1 saturated carbocycles. The Bertz CT molecular complexity index is 1380. The van der Waals surface area contributed by atoms with Crippen LogP contribution in [0.25, 0.3) is 0 Å². The average Bonchev–Trinajstić information content (AvgIpc) is 3.37. The average molecular weight is 569 g/mol. The highest BCUT2D eigenvalue weighted by molar-refractivity contribution is 6.53. The number of hydrogen-bond acceptors (Lipinski definition) is 4. The topological polar surface area (TPSA) is 108 Å². The molecular formula is C24H15Cl5N4O2. The molecule has 0 radical (unpaired) electrons. The summed E-state index contributed by atoms with van der Waals surface area (Å²) in [6, 6.07) is 15.8. The molecule has 6 nitrogen and oxygen atoms in total. The molecule has 0 spiro atoms. The van der Waals surface area contributed by atoms with E-state index in [0.717, 1.165) is 0 Å². The molecule has 4 rings (SSSR count). The minimum atomic E-state index is -1.35. The Balaban J connectivity index is 1.53. The van der Waals surface area contributed by atoms with Crippen LogP contribution in [0.2, 0.25) is 15.1 Å². The van der Waals surface area contributed by atoms with Gasteiger partial charge < -0.3 is 16.4 Å². The lowest BCUT2D eigenvalue weighted by Crippen LogP contribution is -2.18. The SMILES string of the molecule is N#Cc1cc(N)ccc1NC(=O)c1cc(NC(=O)[C@H]2[C@H](c3cc(Cl)cc(Cl)c3)C2(Cl)Cl)ccc1Cl. The van der Waals surface area contributed by atoms with E-state index in [0.29, 0.717) is 27.0 Å². The number of hydrogen-bond donors (Lipinski definition) is 3. The first-order valence-electron chi connectivity index (χ1n) is 10.1. The third-order valence-corrected chi connectivity index (χ3v) is 7.18. The zero-order valence-corrected chi connectivity index (χ0v) is 21.4. The zero-order chi connectivity index (χ0) is 25.5. The van der Waals surface area contributed by atoms with E-state index in [2.05, 4.69) is 10.6 Å². The Kier molecular flexibility index (Phi) is 7.10. The molecular weight excluding hydrogens is 554 g/mol. The van der Waals surface area contributed by atoms with Gasteiger partial charge in [-0.2, -0.15) is 5.26 Å². The van der Waals surface area contributed by atoms with E-state index in [4.69, 9.17) is 63.7 Å². The Labute approximate surface area is 225 Å². The van der Waals surface area contributed by atoms with Crippen molar-refractivity contribution >= 4 is 86.9 Å². The first kappa shape index (κ1) is 25.4. The van der Waals surface area contributed by atoms with Gasteiger partial charge in [-0.05, 0) is 60.2 Å². The second-order valence-electron chi connectivity index (χ2n) is 7.89. The summed E-state index contributed by atoms with van der Waals surface area (Å²) in [6.07, 6.45) is 0. The molecule has 2 amide bonds. The van der Waals surface area contributed by atoms with E-state index in [9.17, 15) is 14.9 Å². The summed E-state index contributed by atoms with van der Waals surface area (Å²) in [4.78, 5) is 25.8. The number of amides is 2. The molecule has 0 bridgehead atoms. The minimum absolute atomic E-state index is 0.0853. The molecule has 0 saturated heterocycles. The van der Waals surface area contributed by atoms with Crippen LogP contribution in [-0.4, -0.2) is 16.1 Å². The lowest BCUT2D eigenvalue weighted by Gasteiger charge is -2.11. The molecule has 0 aromatic heterocycles. The number of alkyl halides is 2. The number of halogens is 5. The first-order chi connectivity index (χ1) is 16.5. The van der Waals surface area contributed by atoms with Gasteiger partial charge in [0.25, 0.3) is 5.91 Å². The highest BCUT2D eigenvalue weighted by Crippen LogP contribution is 2.65. The summed E-state index contributed by atoms with van der Waals surface area (Å²) < 4.78 is -1.35. The Morgan fingerprint density at radius 1 is 0.943 bits per heavy atom. The van der Waals surface area contributed by atoms with Crippen molar-refractivity contribution in [2.45, 2.75) is 10.3 Å². The summed E-state index contributed by atoms with van der Waals surface area (Å²) in [7, 11) is 0. The third-order valence-electron chi connectivity index (χ3n) is 5.47. The number of benzene rings is 3. The van der Waals surface area contributed by atoms with Gasteiger partial charge >= 0.3 is 0 Å². The van der Waals surface area contributed by atoms with Crippen molar-refractivity contribution in [3.8, 4) is 6.07 Å². The van der Waals surface area contributed by atoms with Crippen molar-refractivity contribution in [3.63, 3.8) is 0 Å². The molecule has 3 aromatic rings. The van der Waals surface area contributed by atoms with Gasteiger partial charge in [-0.1, -0.05) is 34.8 Å². The fraction of sp³-hybridized carbons (Fsp3) is 0.125. The van der Waals surface area contributed by atoms with Crippen LogP contribution in [0.1, 0.15) is 27.4 Å². The molecule has 0 heterocycles. The summed E-state index contributed by atoms with van der Waals surface area (Å²) >= 11 is 31.2. The monoisotopic (exact) mass is 566 g/mol. The van der Waals surface area contributed by atoms with Crippen LogP contribution in [0.3, 0.4) is 0 Å². The van der Waals surface area contributed by atoms with Crippen molar-refractivity contribution in [2.24, 2.45) is 5.92 Å². The van der Waals surface area contributed by atoms with E-state index < -0.39 is 28.0 Å². The Hall–Kier alpha value is -2.66. The highest BCUT2D eigenvalue weighted by Gasteiger charge is 2.67. The molecule has 178 valence electrons. The van der Waals surface area contributed by atoms with Gasteiger partial charge in [0.2, 0.25) is 5.91 Å². The molecule has 0 unspecified atom stereocenters. The van der Waals surface area contributed by atoms with Crippen molar-refractivity contribution in [1.82, 2.24) is 0 Å². The normalized spacial score (nSPS) is 17.8. The number of nitrogens with one attached hydrogen (secondary N) is 2. The van der Waals surface area contributed by atoms with Crippen molar-refractivity contribution < 1.29 is 9.59 Å². The van der Waals surface area contributed by atoms with Crippen LogP contribution in [-0.2, 0) is 4.79 Å². The summed E-state index contributed by atoms with van der Waals surface area (Å²) in [5.41, 5.74) is 7.57. The summed E-state index contributed by atoms with van der Waals surface area (Å²) in [5.74, 6) is -2.32. The van der Waals surface area contributed by atoms with Gasteiger partial charge in [0.1, 0.15) is 10.4 Å². The predicted molar refractivity (Wildman–Crippen MR) is 141 cm³/mol. The lowest BCUT2D eigenvalue weighted by molar-refractivity contribution is -0.117. The van der Waals surface area contributed by atoms with Crippen LogP contribution >= 0.6 is 58.0 Å². The summed E-state index contributed by atoms with van der Waals surface area (Å²) in [5, 5.41) is 15.6. The number of carbonyl (C=O) groups excluding carboxylic acids is 2. The van der Waals surface area contributed by atoms with Crippen LogP contribution in [0, 0.1) is 17.2 Å². The van der Waals surface area contributed by atoms with Crippen LogP contribution in [0.15, 0.2) is 54.6 Å². The molecule has 2 atom stereocenters. The van der Waals surface area contributed by atoms with Crippen LogP contribution in [0.4, 0.5) is 17.1 Å². The van der Waals surface area contributed by atoms with E-state index in [1.807, 2.05) is 6.07 Å². The molecule has 1 aliphatic carbocycles. The number of carbonyl (C=O) groups is 2. The Morgan fingerprint density at radius 2 is 1.63 bits per heavy atom. The number of nitrogens with two attached hydrogens (primary N) is 1. The molecule has 35 heavy (non-hydrogen) atoms. The van der Waals surface area contributed by atoms with Crippen molar-refractivity contribution in [2.75, 3.05) is 16.4 Å². The van der Waals surface area contributed by atoms with Gasteiger partial charge in [0, 0.05) is 27.3 Å². The maximum Gasteiger partial charge on any atom is 0.257 e. The zero-order valence-electron chi connectivity index (χ0n) is 17.6. The van der Waals surface area contributed by atoms with Crippen molar-refractivity contribution in [3.05, 3.63) is 86.4 Å². The number of nitrogens with zero attached hydrogens (tertiary/aromatic N) is 1. The van der Waals surface area contributed by atoms with Gasteiger partial charge in [-0.25, -0.2) is 0 Å². The maximum atomic E-state index is 13.0. The second-order valence-corrected chi connectivity index (χ2v) is 10.6. The lowest BCUT2D eigenvalue weighted by atomic mass is 10.1. The molecule has 11 heteroatoms. The van der Waals surface area contributed by atoms with Crippen LogP contribution < -0.4 is 16.4 Å². The number of anilines is 3. The predicted octanol–water partition coefficient (Wildman–Crippen LogP) is 6.88. The van der Waals surface area contributed by atoms with E-state index in [-0.39, 0.29) is 21.8 Å². The number of nitriles is 1. The van der Waals surface area contributed by atoms with Gasteiger partial charge in [0.15, 0.2) is 0 Å². The van der Waals surface area contributed by atoms with Crippen molar-refractivity contribution in [1.29, 1.82) is 5.26 Å². The maximum absolute atomic E-state index is 13.0. The fourth-order valence-electron chi connectivity index (χ4n) is 3.77. The molecule has 1 aliphatic rings. The summed E-state index contributed by atoms with van der Waals surface area (Å²) in [6.45, 7) is 0. The third kappa shape index (κ3) is 5.30. The molecule has 0 aliphatic heterocycles. The largest absolute Gasteiger partial charge is 0.399 e. The Morgan fingerprint density at radius 3 is 2.29 bits per heavy atom. The van der Waals surface area contributed by atoms with E-state index in [1.165, 1.54) is 24.3 Å². The molecule has 4 N–H and O–H groups in total. The van der Waals surface area contributed by atoms with E-state index >= 15 is 0 Å². The minimum Gasteiger partial charge on any atom is -0.399 e. The number of nitrogen functional groups attached to an aromatic ring is 1. The molecule has 1 fully saturated rings.